The van der Waals surface area contributed by atoms with Crippen molar-refractivity contribution in [1.82, 2.24) is 0 Å². The van der Waals surface area contributed by atoms with E-state index in [9.17, 15) is 13.2 Å². The first-order valence-electron chi connectivity index (χ1n) is 5.98. The summed E-state index contributed by atoms with van der Waals surface area (Å²) in [6.45, 7) is 1.87. The number of aryl methyl sites for hydroxylation is 1. The molecule has 0 aliphatic heterocycles. The van der Waals surface area contributed by atoms with Crippen LogP contribution in [-0.4, -0.2) is 13.0 Å². The van der Waals surface area contributed by atoms with Crippen molar-refractivity contribution < 1.29 is 21.6 Å². The molecule has 3 rings (SSSR count). The first-order valence-corrected chi connectivity index (χ1v) is 7.34. The zero-order valence-electron chi connectivity index (χ0n) is 10.9. The van der Waals surface area contributed by atoms with E-state index in [0.29, 0.717) is 16.2 Å². The van der Waals surface area contributed by atoms with Crippen LogP contribution in [0.3, 0.4) is 0 Å². The van der Waals surface area contributed by atoms with Crippen LogP contribution < -0.4 is 9.81 Å². The van der Waals surface area contributed by atoms with Gasteiger partial charge in [-0.15, -0.1) is 0 Å². The van der Waals surface area contributed by atoms with Crippen LogP contribution in [0, 0.1) is 6.92 Å². The smallest absolute Gasteiger partial charge is 0.422 e. The lowest BCUT2D eigenvalue weighted by Gasteiger charge is -2.05. The molecule has 0 aliphatic carbocycles. The Morgan fingerprint density at radius 1 is 1.05 bits per heavy atom. The molecule has 0 unspecified atom stereocenters. The lowest BCUT2D eigenvalue weighted by molar-refractivity contribution is 0.386. The summed E-state index contributed by atoms with van der Waals surface area (Å²) in [7, 11) is -4.62. The molecule has 21 heavy (non-hydrogen) atoms. The molecule has 1 N–H and O–H groups in total. The van der Waals surface area contributed by atoms with Crippen molar-refractivity contribution in [2.45, 2.75) is 6.92 Å². The van der Waals surface area contributed by atoms with Gasteiger partial charge in [0.2, 0.25) is 0 Å². The molecule has 2 aromatic carbocycles. The van der Waals surface area contributed by atoms with Gasteiger partial charge in [0.25, 0.3) is 0 Å². The maximum atomic E-state index is 12.0. The van der Waals surface area contributed by atoms with Crippen molar-refractivity contribution in [1.29, 1.82) is 0 Å². The van der Waals surface area contributed by atoms with Crippen LogP contribution >= 0.6 is 0 Å². The fraction of sp³-hybridized carbons (Fsp3) is 0.0714. The van der Waals surface area contributed by atoms with Crippen LogP contribution in [-0.2, 0) is 10.4 Å². The van der Waals surface area contributed by atoms with Crippen molar-refractivity contribution in [2.75, 3.05) is 0 Å². The van der Waals surface area contributed by atoms with Gasteiger partial charge in [-0.1, -0.05) is 17.7 Å². The van der Waals surface area contributed by atoms with E-state index in [1.807, 2.05) is 13.0 Å². The first kappa shape index (κ1) is 13.6. The fourth-order valence-electron chi connectivity index (χ4n) is 2.20. The maximum Gasteiger partial charge on any atom is 0.446 e. The number of hydrogen-bond donors (Lipinski definition) is 1. The summed E-state index contributed by atoms with van der Waals surface area (Å²) in [5.41, 5.74) is 0.586. The van der Waals surface area contributed by atoms with Crippen molar-refractivity contribution in [3.8, 4) is 5.75 Å². The molecule has 0 spiro atoms. The van der Waals surface area contributed by atoms with Gasteiger partial charge in [-0.25, -0.2) is 4.79 Å². The molecule has 0 amide bonds. The summed E-state index contributed by atoms with van der Waals surface area (Å²) < 4.78 is 39.6. The predicted molar refractivity (Wildman–Crippen MR) is 76.9 cm³/mol. The van der Waals surface area contributed by atoms with E-state index in [2.05, 4.69) is 4.18 Å². The van der Waals surface area contributed by atoms with Gasteiger partial charge in [-0.05, 0) is 30.5 Å². The molecule has 0 fully saturated rings. The topological polar surface area (TPSA) is 93.8 Å². The molecular formula is C14H10O6S. The molecule has 0 saturated carbocycles. The van der Waals surface area contributed by atoms with Crippen LogP contribution in [0.2, 0.25) is 0 Å². The van der Waals surface area contributed by atoms with E-state index < -0.39 is 16.0 Å². The Balaban J connectivity index is 2.31. The number of hydrogen-bond acceptors (Lipinski definition) is 5. The van der Waals surface area contributed by atoms with Crippen molar-refractivity contribution in [3.63, 3.8) is 0 Å². The Morgan fingerprint density at radius 3 is 2.48 bits per heavy atom. The third-order valence-corrected chi connectivity index (χ3v) is 3.45. The monoisotopic (exact) mass is 306 g/mol. The number of benzene rings is 2. The van der Waals surface area contributed by atoms with Gasteiger partial charge in [0.1, 0.15) is 11.3 Å². The van der Waals surface area contributed by atoms with E-state index in [1.165, 1.54) is 12.1 Å². The zero-order valence-corrected chi connectivity index (χ0v) is 11.7. The second kappa shape index (κ2) is 4.57. The second-order valence-corrected chi connectivity index (χ2v) is 5.63. The molecule has 1 aromatic heterocycles. The van der Waals surface area contributed by atoms with Crippen LogP contribution in [0.15, 0.2) is 45.6 Å². The van der Waals surface area contributed by atoms with Gasteiger partial charge in [0, 0.05) is 11.5 Å². The van der Waals surface area contributed by atoms with Crippen LogP contribution in [0.25, 0.3) is 21.7 Å². The van der Waals surface area contributed by atoms with E-state index in [-0.39, 0.29) is 11.3 Å². The molecule has 0 radical (unpaired) electrons. The van der Waals surface area contributed by atoms with E-state index in [0.717, 1.165) is 5.56 Å². The SMILES string of the molecule is Cc1ccc2c(c1)c(=O)oc1cc(OS(=O)(=O)O)ccc12. The van der Waals surface area contributed by atoms with E-state index >= 15 is 0 Å². The Bertz CT molecular complexity index is 1020. The summed E-state index contributed by atoms with van der Waals surface area (Å²) in [6, 6.07) is 9.57. The molecule has 0 saturated heterocycles. The third-order valence-electron chi connectivity index (χ3n) is 3.04. The lowest BCUT2D eigenvalue weighted by Crippen LogP contribution is -2.06. The van der Waals surface area contributed by atoms with Gasteiger partial charge >= 0.3 is 16.0 Å². The van der Waals surface area contributed by atoms with E-state index in [4.69, 9.17) is 8.97 Å². The molecular weight excluding hydrogens is 296 g/mol. The highest BCUT2D eigenvalue weighted by Crippen LogP contribution is 2.27. The molecule has 1 heterocycles. The third kappa shape index (κ3) is 2.61. The molecule has 108 valence electrons. The second-order valence-electron chi connectivity index (χ2n) is 4.61. The summed E-state index contributed by atoms with van der Waals surface area (Å²) in [4.78, 5) is 12.0. The van der Waals surface area contributed by atoms with Crippen LogP contribution in [0.5, 0.6) is 5.75 Å². The maximum absolute atomic E-state index is 12.0. The zero-order chi connectivity index (χ0) is 15.2. The highest BCUT2D eigenvalue weighted by atomic mass is 32.3. The summed E-state index contributed by atoms with van der Waals surface area (Å²) >= 11 is 0. The molecule has 6 nitrogen and oxygen atoms in total. The minimum atomic E-state index is -4.62. The molecule has 7 heteroatoms. The predicted octanol–water partition coefficient (Wildman–Crippen LogP) is 2.44. The molecule has 0 bridgehead atoms. The molecule has 0 atom stereocenters. The van der Waals surface area contributed by atoms with Crippen LogP contribution in [0.4, 0.5) is 0 Å². The standard InChI is InChI=1S/C14H10O6S/c1-8-2-4-10-11-5-3-9(20-21(16,17)18)7-13(11)19-14(15)12(10)6-8/h2-7H,1H3,(H,16,17,18). The lowest BCUT2D eigenvalue weighted by atomic mass is 10.1. The largest absolute Gasteiger partial charge is 0.446 e. The normalized spacial score (nSPS) is 11.9. The average molecular weight is 306 g/mol. The van der Waals surface area contributed by atoms with Crippen molar-refractivity contribution in [3.05, 3.63) is 52.4 Å². The van der Waals surface area contributed by atoms with Gasteiger partial charge in [-0.3, -0.25) is 4.55 Å². The Kier molecular flexibility index (Phi) is 2.96. The number of fused-ring (bicyclic) bond motifs is 3. The minimum absolute atomic E-state index is 0.139. The Labute approximate surface area is 119 Å². The summed E-state index contributed by atoms with van der Waals surface area (Å²) in [5, 5.41) is 1.79. The van der Waals surface area contributed by atoms with Crippen molar-refractivity contribution >= 4 is 32.1 Å². The molecule has 3 aromatic rings. The fourth-order valence-corrected chi connectivity index (χ4v) is 2.55. The Hall–Kier alpha value is -2.38. The minimum Gasteiger partial charge on any atom is -0.422 e. The quantitative estimate of drug-likeness (QED) is 0.444. The van der Waals surface area contributed by atoms with Gasteiger partial charge in [-0.2, -0.15) is 8.42 Å². The van der Waals surface area contributed by atoms with Gasteiger partial charge in [0.15, 0.2) is 0 Å². The Morgan fingerprint density at radius 2 is 1.76 bits per heavy atom. The summed E-state index contributed by atoms with van der Waals surface area (Å²) in [6.07, 6.45) is 0. The summed E-state index contributed by atoms with van der Waals surface area (Å²) in [5.74, 6) is -0.139. The first-order chi connectivity index (χ1) is 9.83. The van der Waals surface area contributed by atoms with Gasteiger partial charge in [0.05, 0.1) is 5.39 Å². The van der Waals surface area contributed by atoms with Crippen LogP contribution in [0.1, 0.15) is 5.56 Å². The highest BCUT2D eigenvalue weighted by Gasteiger charge is 2.11. The molecule has 0 aliphatic rings. The highest BCUT2D eigenvalue weighted by molar-refractivity contribution is 7.81. The van der Waals surface area contributed by atoms with E-state index in [1.54, 1.807) is 18.2 Å². The number of rotatable bonds is 2. The van der Waals surface area contributed by atoms with Gasteiger partial charge < -0.3 is 8.60 Å². The van der Waals surface area contributed by atoms with Crippen molar-refractivity contribution in [2.24, 2.45) is 0 Å². The average Bonchev–Trinajstić information content (AvgIpc) is 2.37.